The first-order valence-electron chi connectivity index (χ1n) is 12.0. The van der Waals surface area contributed by atoms with E-state index >= 15 is 0 Å². The first kappa shape index (κ1) is 22.8. The Hall–Kier alpha value is -2.95. The Balaban J connectivity index is 1.39. The zero-order valence-electron chi connectivity index (χ0n) is 19.0. The van der Waals surface area contributed by atoms with Gasteiger partial charge in [0.25, 0.3) is 5.91 Å². The monoisotopic (exact) mass is 473 g/mol. The Kier molecular flexibility index (Phi) is 6.28. The van der Waals surface area contributed by atoms with Crippen LogP contribution < -0.4 is 4.90 Å². The Morgan fingerprint density at radius 2 is 1.62 bits per heavy atom. The molecular weight excluding hydrogens is 446 g/mol. The van der Waals surface area contributed by atoms with E-state index in [1.165, 1.54) is 42.6 Å². The maximum absolute atomic E-state index is 13.5. The van der Waals surface area contributed by atoms with Gasteiger partial charge in [-0.05, 0) is 42.0 Å². The molecule has 3 aromatic carbocycles. The minimum Gasteiger partial charge on any atom is -0.375 e. The number of aliphatic hydroxyl groups is 1. The summed E-state index contributed by atoms with van der Waals surface area (Å²) in [5.74, 6) is -0.190. The minimum atomic E-state index is -1.91. The molecule has 174 valence electrons. The van der Waals surface area contributed by atoms with Crippen LogP contribution in [0.2, 0.25) is 5.02 Å². The molecule has 0 aromatic heterocycles. The van der Waals surface area contributed by atoms with Crippen molar-refractivity contribution in [3.8, 4) is 0 Å². The average Bonchev–Trinajstić information content (AvgIpc) is 3.08. The van der Waals surface area contributed by atoms with Crippen LogP contribution in [0.15, 0.2) is 72.8 Å². The number of anilines is 1. The highest BCUT2D eigenvalue weighted by atomic mass is 35.5. The van der Waals surface area contributed by atoms with Gasteiger partial charge in [-0.3, -0.25) is 9.59 Å². The summed E-state index contributed by atoms with van der Waals surface area (Å²) in [7, 11) is 0. The summed E-state index contributed by atoms with van der Waals surface area (Å²) in [6, 6.07) is 22.2. The van der Waals surface area contributed by atoms with E-state index in [0.717, 1.165) is 5.56 Å². The number of para-hydroxylation sites is 1. The number of hydrogen-bond acceptors (Lipinski definition) is 3. The van der Waals surface area contributed by atoms with Gasteiger partial charge in [0.2, 0.25) is 0 Å². The second-order valence-corrected chi connectivity index (χ2v) is 9.82. The molecule has 1 fully saturated rings. The third-order valence-corrected chi connectivity index (χ3v) is 7.62. The van der Waals surface area contributed by atoms with E-state index in [4.69, 9.17) is 11.6 Å². The fraction of sp³-hybridized carbons (Fsp3) is 0.310. The molecule has 5 heteroatoms. The molecule has 5 rings (SSSR count). The summed E-state index contributed by atoms with van der Waals surface area (Å²) < 4.78 is 0. The molecule has 1 amide bonds. The predicted molar refractivity (Wildman–Crippen MR) is 134 cm³/mol. The van der Waals surface area contributed by atoms with Gasteiger partial charge >= 0.3 is 0 Å². The van der Waals surface area contributed by atoms with Crippen molar-refractivity contribution in [1.82, 2.24) is 0 Å². The van der Waals surface area contributed by atoms with Crippen LogP contribution in [-0.4, -0.2) is 16.8 Å². The van der Waals surface area contributed by atoms with Crippen molar-refractivity contribution < 1.29 is 14.7 Å². The van der Waals surface area contributed by atoms with Crippen LogP contribution in [-0.2, 0) is 16.9 Å². The molecule has 1 aliphatic carbocycles. The summed E-state index contributed by atoms with van der Waals surface area (Å²) in [6.07, 6.45) is 5.90. The number of rotatable bonds is 6. The smallest absolute Gasteiger partial charge is 0.264 e. The van der Waals surface area contributed by atoms with Gasteiger partial charge in [-0.1, -0.05) is 91.5 Å². The van der Waals surface area contributed by atoms with Crippen molar-refractivity contribution >= 4 is 29.0 Å². The van der Waals surface area contributed by atoms with Gasteiger partial charge in [0.05, 0.1) is 18.7 Å². The van der Waals surface area contributed by atoms with Crippen LogP contribution >= 0.6 is 11.6 Å². The zero-order valence-corrected chi connectivity index (χ0v) is 19.8. The average molecular weight is 474 g/mol. The van der Waals surface area contributed by atoms with Crippen molar-refractivity contribution in [2.24, 2.45) is 0 Å². The van der Waals surface area contributed by atoms with Crippen LogP contribution in [0.25, 0.3) is 0 Å². The highest BCUT2D eigenvalue weighted by molar-refractivity contribution is 6.31. The van der Waals surface area contributed by atoms with E-state index in [1.54, 1.807) is 24.3 Å². The van der Waals surface area contributed by atoms with Gasteiger partial charge in [0, 0.05) is 16.1 Å². The van der Waals surface area contributed by atoms with E-state index < -0.39 is 11.5 Å². The maximum Gasteiger partial charge on any atom is 0.264 e. The zero-order chi connectivity index (χ0) is 23.7. The van der Waals surface area contributed by atoms with Crippen LogP contribution in [0.3, 0.4) is 0 Å². The molecule has 34 heavy (non-hydrogen) atoms. The van der Waals surface area contributed by atoms with Crippen molar-refractivity contribution in [3.05, 3.63) is 100 Å². The molecule has 1 N–H and O–H groups in total. The Morgan fingerprint density at radius 1 is 0.941 bits per heavy atom. The van der Waals surface area contributed by atoms with Gasteiger partial charge in [-0.2, -0.15) is 0 Å². The third-order valence-electron chi connectivity index (χ3n) is 7.25. The van der Waals surface area contributed by atoms with Gasteiger partial charge in [0.1, 0.15) is 0 Å². The lowest BCUT2D eigenvalue weighted by atomic mass is 9.83. The van der Waals surface area contributed by atoms with Gasteiger partial charge < -0.3 is 10.0 Å². The summed E-state index contributed by atoms with van der Waals surface area (Å²) in [5.41, 5.74) is 1.72. The molecule has 0 bridgehead atoms. The first-order chi connectivity index (χ1) is 16.5. The molecule has 0 spiro atoms. The predicted octanol–water partition coefficient (Wildman–Crippen LogP) is 6.40. The summed E-state index contributed by atoms with van der Waals surface area (Å²) >= 11 is 6.33. The van der Waals surface area contributed by atoms with E-state index in [0.29, 0.717) is 27.8 Å². The maximum atomic E-state index is 13.5. The molecule has 1 atom stereocenters. The molecule has 2 aliphatic rings. The quantitative estimate of drug-likeness (QED) is 0.422. The molecule has 1 saturated carbocycles. The second-order valence-electron chi connectivity index (χ2n) is 9.42. The number of Topliss-reactive ketones (excluding diaryl/α,β-unsaturated/α-hetero) is 1. The lowest BCUT2D eigenvalue weighted by Gasteiger charge is -2.24. The van der Waals surface area contributed by atoms with Gasteiger partial charge in [-0.25, -0.2) is 0 Å². The Bertz CT molecular complexity index is 1220. The van der Waals surface area contributed by atoms with Crippen LogP contribution in [0, 0.1) is 0 Å². The Labute approximate surface area is 205 Å². The SMILES string of the molecule is O=C(C[C@]1(O)C(=O)N(Cc2ccccc2Cl)c2ccccc21)c1ccc(C2CCCCC2)cc1. The van der Waals surface area contributed by atoms with Crippen molar-refractivity contribution in [2.75, 3.05) is 4.90 Å². The number of carbonyl (C=O) groups excluding carboxylic acids is 2. The lowest BCUT2D eigenvalue weighted by Crippen LogP contribution is -2.41. The molecule has 0 radical (unpaired) electrons. The van der Waals surface area contributed by atoms with E-state index in [1.807, 2.05) is 48.5 Å². The molecular formula is C29H28ClNO3. The molecule has 4 nitrogen and oxygen atoms in total. The topological polar surface area (TPSA) is 57.6 Å². The van der Waals surface area contributed by atoms with Crippen molar-refractivity contribution in [1.29, 1.82) is 0 Å². The molecule has 1 aliphatic heterocycles. The molecule has 3 aromatic rings. The first-order valence-corrected chi connectivity index (χ1v) is 12.4. The number of hydrogen-bond donors (Lipinski definition) is 1. The van der Waals surface area contributed by atoms with Crippen molar-refractivity contribution in [2.45, 2.75) is 56.6 Å². The fourth-order valence-corrected chi connectivity index (χ4v) is 5.54. The van der Waals surface area contributed by atoms with Gasteiger partial charge in [-0.15, -0.1) is 0 Å². The van der Waals surface area contributed by atoms with Crippen LogP contribution in [0.5, 0.6) is 0 Å². The highest BCUT2D eigenvalue weighted by Gasteiger charge is 2.50. The number of carbonyl (C=O) groups is 2. The standard InChI is InChI=1S/C29H28ClNO3/c30-25-12-6-4-10-23(25)19-31-26-13-7-5-11-24(26)29(34,28(31)33)18-27(32)22-16-14-21(15-17-22)20-8-2-1-3-9-20/h4-7,10-17,20,34H,1-3,8-9,18-19H2/t29-/m1/s1. The van der Waals surface area contributed by atoms with E-state index in [-0.39, 0.29) is 18.7 Å². The second kappa shape index (κ2) is 9.36. The van der Waals surface area contributed by atoms with E-state index in [2.05, 4.69) is 0 Å². The number of amides is 1. The minimum absolute atomic E-state index is 0.224. The van der Waals surface area contributed by atoms with E-state index in [9.17, 15) is 14.7 Å². The summed E-state index contributed by atoms with van der Waals surface area (Å²) in [4.78, 5) is 28.2. The van der Waals surface area contributed by atoms with Crippen LogP contribution in [0.4, 0.5) is 5.69 Å². The molecule has 0 saturated heterocycles. The third kappa shape index (κ3) is 4.17. The van der Waals surface area contributed by atoms with Crippen LogP contribution in [0.1, 0.15) is 71.5 Å². The number of halogens is 1. The Morgan fingerprint density at radius 3 is 2.35 bits per heavy atom. The highest BCUT2D eigenvalue weighted by Crippen LogP contribution is 2.44. The fourth-order valence-electron chi connectivity index (χ4n) is 5.34. The summed E-state index contributed by atoms with van der Waals surface area (Å²) in [6.45, 7) is 0.224. The lowest BCUT2D eigenvalue weighted by molar-refractivity contribution is -0.136. The largest absolute Gasteiger partial charge is 0.375 e. The number of benzene rings is 3. The molecule has 0 unspecified atom stereocenters. The summed E-state index contributed by atoms with van der Waals surface area (Å²) in [5, 5.41) is 12.1. The molecule has 1 heterocycles. The number of ketones is 1. The number of fused-ring (bicyclic) bond motifs is 1. The van der Waals surface area contributed by atoms with Crippen molar-refractivity contribution in [3.63, 3.8) is 0 Å². The van der Waals surface area contributed by atoms with Gasteiger partial charge in [0.15, 0.2) is 11.4 Å². The normalized spacial score (nSPS) is 20.4. The number of nitrogens with zero attached hydrogens (tertiary/aromatic N) is 1.